The lowest BCUT2D eigenvalue weighted by molar-refractivity contribution is -0.110. The van der Waals surface area contributed by atoms with Crippen LogP contribution >= 0.6 is 0 Å². The molecule has 1 saturated carbocycles. The van der Waals surface area contributed by atoms with Crippen LogP contribution in [0.4, 0.5) is 4.79 Å². The molecule has 0 unspecified atom stereocenters. The van der Waals surface area contributed by atoms with E-state index in [-0.39, 0.29) is 6.10 Å². The molecular formula is C7H11NO3. The molecule has 1 fully saturated rings. The molecule has 0 aromatic carbocycles. The van der Waals surface area contributed by atoms with Crippen LogP contribution in [0.1, 0.15) is 19.3 Å². The summed E-state index contributed by atoms with van der Waals surface area (Å²) in [5, 5.41) is 0. The maximum Gasteiger partial charge on any atom is 0.404 e. The van der Waals surface area contributed by atoms with Gasteiger partial charge in [0.25, 0.3) is 0 Å². The van der Waals surface area contributed by atoms with E-state index in [0.717, 1.165) is 19.1 Å². The third kappa shape index (κ3) is 2.22. The Hall–Kier alpha value is -1.06. The number of hydrogen-bond donors (Lipinski definition) is 1. The van der Waals surface area contributed by atoms with Crippen molar-refractivity contribution in [3.8, 4) is 0 Å². The van der Waals surface area contributed by atoms with Crippen molar-refractivity contribution >= 4 is 12.4 Å². The quantitative estimate of drug-likeness (QED) is 0.604. The summed E-state index contributed by atoms with van der Waals surface area (Å²) >= 11 is 0. The van der Waals surface area contributed by atoms with Gasteiger partial charge in [-0.25, -0.2) is 4.79 Å². The van der Waals surface area contributed by atoms with Crippen LogP contribution in [0.25, 0.3) is 0 Å². The van der Waals surface area contributed by atoms with E-state index < -0.39 is 6.09 Å². The monoisotopic (exact) mass is 157 g/mol. The second-order valence-electron chi connectivity index (χ2n) is 2.80. The second kappa shape index (κ2) is 3.37. The lowest BCUT2D eigenvalue weighted by Gasteiger charge is -2.32. The van der Waals surface area contributed by atoms with Gasteiger partial charge in [-0.3, -0.25) is 0 Å². The average Bonchev–Trinajstić information content (AvgIpc) is 1.82. The van der Waals surface area contributed by atoms with Crippen LogP contribution in [-0.4, -0.2) is 18.5 Å². The smallest absolute Gasteiger partial charge is 0.404 e. The minimum Gasteiger partial charge on any atom is -0.446 e. The van der Waals surface area contributed by atoms with Crippen LogP contribution in [0.3, 0.4) is 0 Å². The molecule has 0 aromatic rings. The van der Waals surface area contributed by atoms with Crippen LogP contribution < -0.4 is 5.73 Å². The number of nitrogens with two attached hydrogens (primary N) is 1. The summed E-state index contributed by atoms with van der Waals surface area (Å²) in [6, 6.07) is 0. The molecule has 2 N–H and O–H groups in total. The van der Waals surface area contributed by atoms with Gasteiger partial charge in [-0.15, -0.1) is 0 Å². The molecule has 0 radical (unpaired) electrons. The van der Waals surface area contributed by atoms with Gasteiger partial charge < -0.3 is 15.3 Å². The summed E-state index contributed by atoms with van der Waals surface area (Å²) in [6.07, 6.45) is 2.25. The molecule has 0 aliphatic heterocycles. The molecule has 4 nitrogen and oxygen atoms in total. The van der Waals surface area contributed by atoms with Gasteiger partial charge in [-0.2, -0.15) is 0 Å². The zero-order valence-corrected chi connectivity index (χ0v) is 6.16. The molecule has 0 heterocycles. The van der Waals surface area contributed by atoms with Crippen molar-refractivity contribution in [1.29, 1.82) is 0 Å². The van der Waals surface area contributed by atoms with Crippen molar-refractivity contribution in [2.24, 2.45) is 11.7 Å². The Morgan fingerprint density at radius 1 is 1.64 bits per heavy atom. The molecule has 1 rings (SSSR count). The van der Waals surface area contributed by atoms with Crippen LogP contribution in [0.5, 0.6) is 0 Å². The molecule has 11 heavy (non-hydrogen) atoms. The van der Waals surface area contributed by atoms with Gasteiger partial charge in [0, 0.05) is 6.42 Å². The fourth-order valence-corrected chi connectivity index (χ4v) is 1.26. The predicted molar refractivity (Wildman–Crippen MR) is 37.9 cm³/mol. The van der Waals surface area contributed by atoms with E-state index in [1.165, 1.54) is 0 Å². The number of amides is 1. The number of rotatable bonds is 3. The van der Waals surface area contributed by atoms with Gasteiger partial charge in [-0.1, -0.05) is 0 Å². The first kappa shape index (κ1) is 8.04. The van der Waals surface area contributed by atoms with E-state index in [4.69, 9.17) is 5.73 Å². The van der Waals surface area contributed by atoms with Gasteiger partial charge in [-0.05, 0) is 18.8 Å². The summed E-state index contributed by atoms with van der Waals surface area (Å²) in [7, 11) is 0. The highest BCUT2D eigenvalue weighted by Gasteiger charge is 2.30. The summed E-state index contributed by atoms with van der Waals surface area (Å²) < 4.78 is 4.69. The second-order valence-corrected chi connectivity index (χ2v) is 2.80. The minimum absolute atomic E-state index is 0.0440. The van der Waals surface area contributed by atoms with Crippen LogP contribution in [0, 0.1) is 5.92 Å². The first-order valence-electron chi connectivity index (χ1n) is 3.62. The fraction of sp³-hybridized carbons (Fsp3) is 0.714. The molecule has 0 aromatic heterocycles. The topological polar surface area (TPSA) is 69.4 Å². The van der Waals surface area contributed by atoms with Gasteiger partial charge in [0.1, 0.15) is 12.4 Å². The highest BCUT2D eigenvalue weighted by Crippen LogP contribution is 2.31. The highest BCUT2D eigenvalue weighted by molar-refractivity contribution is 5.64. The van der Waals surface area contributed by atoms with Crippen molar-refractivity contribution in [2.75, 3.05) is 0 Å². The molecule has 1 amide bonds. The molecule has 0 spiro atoms. The van der Waals surface area contributed by atoms with Crippen molar-refractivity contribution in [3.63, 3.8) is 0 Å². The Bertz CT molecular complexity index is 163. The SMILES string of the molecule is NC(=O)OC1CC(CC=O)C1. The summed E-state index contributed by atoms with van der Waals surface area (Å²) in [4.78, 5) is 20.2. The van der Waals surface area contributed by atoms with Crippen LogP contribution in [-0.2, 0) is 9.53 Å². The first-order chi connectivity index (χ1) is 5.22. The molecule has 1 aliphatic carbocycles. The Labute approximate surface area is 64.7 Å². The lowest BCUT2D eigenvalue weighted by atomic mass is 9.80. The molecule has 4 heteroatoms. The average molecular weight is 157 g/mol. The van der Waals surface area contributed by atoms with Gasteiger partial charge in [0.05, 0.1) is 0 Å². The van der Waals surface area contributed by atoms with E-state index in [1.807, 2.05) is 0 Å². The number of primary amides is 1. The summed E-state index contributed by atoms with van der Waals surface area (Å²) in [5.41, 5.74) is 4.79. The van der Waals surface area contributed by atoms with E-state index in [9.17, 15) is 9.59 Å². The van der Waals surface area contributed by atoms with Gasteiger partial charge in [0.2, 0.25) is 0 Å². The number of hydrogen-bond acceptors (Lipinski definition) is 3. The molecule has 0 saturated heterocycles. The summed E-state index contributed by atoms with van der Waals surface area (Å²) in [5.74, 6) is 0.400. The Balaban J connectivity index is 2.09. The maximum absolute atomic E-state index is 10.2. The largest absolute Gasteiger partial charge is 0.446 e. The van der Waals surface area contributed by atoms with Crippen molar-refractivity contribution in [3.05, 3.63) is 0 Å². The minimum atomic E-state index is -0.723. The molecular weight excluding hydrogens is 146 g/mol. The number of carbonyl (C=O) groups excluding carboxylic acids is 2. The number of aldehydes is 1. The Kier molecular flexibility index (Phi) is 2.46. The zero-order valence-electron chi connectivity index (χ0n) is 6.16. The van der Waals surface area contributed by atoms with Crippen molar-refractivity contribution < 1.29 is 14.3 Å². The summed E-state index contributed by atoms with van der Waals surface area (Å²) in [6.45, 7) is 0. The predicted octanol–water partition coefficient (Wildman–Crippen LogP) is 0.449. The van der Waals surface area contributed by atoms with Crippen LogP contribution in [0.2, 0.25) is 0 Å². The Morgan fingerprint density at radius 2 is 2.27 bits per heavy atom. The third-order valence-corrected chi connectivity index (χ3v) is 1.90. The standard InChI is InChI=1S/C7H11NO3/c8-7(10)11-6-3-5(4-6)1-2-9/h2,5-6H,1,3-4H2,(H2,8,10). The highest BCUT2D eigenvalue weighted by atomic mass is 16.6. The molecule has 62 valence electrons. The first-order valence-corrected chi connectivity index (χ1v) is 3.62. The van der Waals surface area contributed by atoms with Crippen LogP contribution in [0.15, 0.2) is 0 Å². The molecule has 1 aliphatic rings. The van der Waals surface area contributed by atoms with Crippen molar-refractivity contribution in [1.82, 2.24) is 0 Å². The number of ether oxygens (including phenoxy) is 1. The Morgan fingerprint density at radius 3 is 2.73 bits per heavy atom. The van der Waals surface area contributed by atoms with E-state index in [0.29, 0.717) is 12.3 Å². The zero-order chi connectivity index (χ0) is 8.27. The third-order valence-electron chi connectivity index (χ3n) is 1.90. The van der Waals surface area contributed by atoms with E-state index in [2.05, 4.69) is 4.74 Å². The molecule has 0 atom stereocenters. The van der Waals surface area contributed by atoms with Crippen molar-refractivity contribution in [2.45, 2.75) is 25.4 Å². The lowest BCUT2D eigenvalue weighted by Crippen LogP contribution is -2.35. The maximum atomic E-state index is 10.2. The normalized spacial score (nSPS) is 28.7. The van der Waals surface area contributed by atoms with E-state index >= 15 is 0 Å². The molecule has 0 bridgehead atoms. The van der Waals surface area contributed by atoms with Gasteiger partial charge in [0.15, 0.2) is 0 Å². The fourth-order valence-electron chi connectivity index (χ4n) is 1.26. The van der Waals surface area contributed by atoms with Gasteiger partial charge >= 0.3 is 6.09 Å². The number of carbonyl (C=O) groups is 2. The van der Waals surface area contributed by atoms with E-state index in [1.54, 1.807) is 0 Å².